The van der Waals surface area contributed by atoms with E-state index < -0.39 is 0 Å². The number of hydrogen-bond donors (Lipinski definition) is 0. The molecule has 1 amide bonds. The third kappa shape index (κ3) is 3.81. The number of pyridine rings is 1. The first-order valence-corrected chi connectivity index (χ1v) is 8.46. The zero-order valence-corrected chi connectivity index (χ0v) is 14.2. The predicted molar refractivity (Wildman–Crippen MR) is 93.0 cm³/mol. The van der Waals surface area contributed by atoms with Gasteiger partial charge in [0.2, 0.25) is 5.91 Å². The molecule has 0 N–H and O–H groups in total. The number of amides is 1. The molecule has 1 aromatic heterocycles. The molecule has 0 aromatic carbocycles. The minimum Gasteiger partial charge on any atom is -0.311 e. The molecule has 2 rings (SSSR count). The maximum atomic E-state index is 12.6. The van der Waals surface area contributed by atoms with Crippen LogP contribution < -0.4 is 0 Å². The van der Waals surface area contributed by atoms with Gasteiger partial charge >= 0.3 is 0 Å². The Hall–Kier alpha value is -1.52. The van der Waals surface area contributed by atoms with Crippen LogP contribution in [0.4, 0.5) is 0 Å². The summed E-state index contributed by atoms with van der Waals surface area (Å²) >= 11 is 7.43. The number of thioether (sulfide) groups is 1. The molecule has 0 saturated heterocycles. The lowest BCUT2D eigenvalue weighted by Gasteiger charge is -2.31. The van der Waals surface area contributed by atoms with Gasteiger partial charge in [-0.3, -0.25) is 4.79 Å². The normalized spacial score (nSPS) is 14.9. The molecule has 1 aliphatic rings. The zero-order valence-electron chi connectivity index (χ0n) is 12.6. The van der Waals surface area contributed by atoms with Crippen molar-refractivity contribution in [1.29, 1.82) is 0 Å². The summed E-state index contributed by atoms with van der Waals surface area (Å²) in [6.45, 7) is 10.5. The molecule has 1 aromatic rings. The van der Waals surface area contributed by atoms with Crippen molar-refractivity contribution >= 4 is 29.3 Å². The molecule has 0 fully saturated rings. The van der Waals surface area contributed by atoms with E-state index in [-0.39, 0.29) is 5.91 Å². The Bertz CT molecular complexity index is 639. The Morgan fingerprint density at radius 3 is 3.00 bits per heavy atom. The van der Waals surface area contributed by atoms with Crippen molar-refractivity contribution in [1.82, 2.24) is 9.88 Å². The molecule has 5 heteroatoms. The van der Waals surface area contributed by atoms with Crippen LogP contribution in [0.5, 0.6) is 0 Å². The summed E-state index contributed by atoms with van der Waals surface area (Å²) in [5.41, 5.74) is 2.90. The number of carbonyl (C=O) groups is 1. The molecule has 0 atom stereocenters. The third-order valence-corrected chi connectivity index (χ3v) is 4.82. The third-order valence-electron chi connectivity index (χ3n) is 3.41. The number of hydrogen-bond acceptors (Lipinski definition) is 3. The monoisotopic (exact) mass is 334 g/mol. The number of aromatic nitrogens is 1. The van der Waals surface area contributed by atoms with Crippen molar-refractivity contribution < 1.29 is 4.79 Å². The predicted octanol–water partition coefficient (Wildman–Crippen LogP) is 4.47. The van der Waals surface area contributed by atoms with Crippen molar-refractivity contribution in [3.8, 4) is 0 Å². The highest BCUT2D eigenvalue weighted by molar-refractivity contribution is 8.00. The van der Waals surface area contributed by atoms with Gasteiger partial charge in [-0.05, 0) is 43.0 Å². The molecule has 2 heterocycles. The molecular weight excluding hydrogens is 316 g/mol. The van der Waals surface area contributed by atoms with E-state index >= 15 is 0 Å². The second kappa shape index (κ2) is 7.65. The summed E-state index contributed by atoms with van der Waals surface area (Å²) in [6.07, 6.45) is 5.38. The summed E-state index contributed by atoms with van der Waals surface area (Å²) in [4.78, 5) is 18.6. The number of nitrogens with zero attached hydrogens (tertiary/aromatic N) is 2. The van der Waals surface area contributed by atoms with E-state index in [1.807, 2.05) is 17.9 Å². The van der Waals surface area contributed by atoms with Crippen molar-refractivity contribution in [3.05, 3.63) is 59.4 Å². The van der Waals surface area contributed by atoms with Crippen LogP contribution in [-0.2, 0) is 4.79 Å². The van der Waals surface area contributed by atoms with E-state index in [4.69, 9.17) is 11.6 Å². The number of carbonyl (C=O) groups excluding carboxylic acids is 1. The minimum absolute atomic E-state index is 0.0452. The topological polar surface area (TPSA) is 33.2 Å². The quantitative estimate of drug-likeness (QED) is 0.745. The maximum Gasteiger partial charge on any atom is 0.237 e. The number of halogens is 1. The minimum atomic E-state index is 0.0452. The smallest absolute Gasteiger partial charge is 0.237 e. The molecule has 3 nitrogen and oxygen atoms in total. The highest BCUT2D eigenvalue weighted by Gasteiger charge is 2.24. The van der Waals surface area contributed by atoms with Crippen molar-refractivity contribution in [2.45, 2.75) is 24.8 Å². The Labute approximate surface area is 140 Å². The summed E-state index contributed by atoms with van der Waals surface area (Å²) in [5.74, 6) is 0.349. The van der Waals surface area contributed by atoms with Gasteiger partial charge in [-0.1, -0.05) is 42.6 Å². The molecule has 0 bridgehead atoms. The maximum absolute atomic E-state index is 12.6. The van der Waals surface area contributed by atoms with Crippen LogP contribution in [0.2, 0.25) is 5.02 Å². The molecule has 116 valence electrons. The largest absolute Gasteiger partial charge is 0.311 e. The van der Waals surface area contributed by atoms with Crippen molar-refractivity contribution in [2.75, 3.05) is 12.3 Å². The second-order valence-electron chi connectivity index (χ2n) is 5.09. The Morgan fingerprint density at radius 1 is 1.59 bits per heavy atom. The van der Waals surface area contributed by atoms with E-state index in [9.17, 15) is 4.79 Å². The van der Waals surface area contributed by atoms with Crippen LogP contribution in [0.1, 0.15) is 19.8 Å². The van der Waals surface area contributed by atoms with Crippen LogP contribution in [0.15, 0.2) is 59.4 Å². The van der Waals surface area contributed by atoms with Gasteiger partial charge in [0.25, 0.3) is 0 Å². The molecule has 0 aliphatic carbocycles. The number of allylic oxidation sites excluding steroid dienone is 3. The van der Waals surface area contributed by atoms with Crippen molar-refractivity contribution in [3.63, 3.8) is 0 Å². The Balaban J connectivity index is 2.13. The average molecular weight is 335 g/mol. The lowest BCUT2D eigenvalue weighted by Crippen LogP contribution is -2.36. The lowest BCUT2D eigenvalue weighted by atomic mass is 9.98. The zero-order chi connectivity index (χ0) is 16.1. The Kier molecular flexibility index (Phi) is 5.86. The lowest BCUT2D eigenvalue weighted by molar-refractivity contribution is -0.126. The summed E-state index contributed by atoms with van der Waals surface area (Å²) in [5, 5.41) is 1.25. The molecule has 0 unspecified atom stereocenters. The standard InChI is InChI=1S/C17H19ClN2OS/c1-4-13-7-6-10-20(16(13)12(2)3)15(21)11-22-17-14(18)8-5-9-19-17/h4-5,8-9H,1-2,6-7,10-11H2,3H3. The second-order valence-corrected chi connectivity index (χ2v) is 6.46. The molecule has 0 saturated carbocycles. The van der Waals surface area contributed by atoms with E-state index in [1.54, 1.807) is 18.3 Å². The van der Waals surface area contributed by atoms with Crippen molar-refractivity contribution in [2.24, 2.45) is 0 Å². The SMILES string of the molecule is C=CC1=C(C(=C)C)N(C(=O)CSc2ncccc2Cl)CCC1. The molecule has 0 spiro atoms. The fourth-order valence-electron chi connectivity index (χ4n) is 2.47. The molecule has 1 aliphatic heterocycles. The van der Waals surface area contributed by atoms with Gasteiger partial charge in [-0.15, -0.1) is 0 Å². The van der Waals surface area contributed by atoms with Crippen LogP contribution in [0.25, 0.3) is 0 Å². The van der Waals surface area contributed by atoms with E-state index in [1.165, 1.54) is 11.8 Å². The molecular formula is C17H19ClN2OS. The van der Waals surface area contributed by atoms with Gasteiger partial charge < -0.3 is 4.90 Å². The highest BCUT2D eigenvalue weighted by atomic mass is 35.5. The van der Waals surface area contributed by atoms with Crippen LogP contribution in [0.3, 0.4) is 0 Å². The van der Waals surface area contributed by atoms with Crippen LogP contribution >= 0.6 is 23.4 Å². The molecule has 0 radical (unpaired) electrons. The van der Waals surface area contributed by atoms with Crippen LogP contribution in [-0.4, -0.2) is 28.1 Å². The van der Waals surface area contributed by atoms with Gasteiger partial charge in [0, 0.05) is 18.4 Å². The summed E-state index contributed by atoms with van der Waals surface area (Å²) in [6, 6.07) is 3.55. The first-order chi connectivity index (χ1) is 10.5. The van der Waals surface area contributed by atoms with Gasteiger partial charge in [-0.2, -0.15) is 0 Å². The summed E-state index contributed by atoms with van der Waals surface area (Å²) < 4.78 is 0. The highest BCUT2D eigenvalue weighted by Crippen LogP contribution is 2.30. The van der Waals surface area contributed by atoms with Gasteiger partial charge in [0.05, 0.1) is 10.8 Å². The Morgan fingerprint density at radius 2 is 2.36 bits per heavy atom. The van der Waals surface area contributed by atoms with Gasteiger partial charge in [-0.25, -0.2) is 4.98 Å². The van der Waals surface area contributed by atoms with E-state index in [0.717, 1.165) is 36.2 Å². The fourth-order valence-corrected chi connectivity index (χ4v) is 3.51. The van der Waals surface area contributed by atoms with E-state index in [2.05, 4.69) is 18.1 Å². The van der Waals surface area contributed by atoms with Crippen LogP contribution in [0, 0.1) is 0 Å². The fraction of sp³-hybridized carbons (Fsp3) is 0.294. The molecule has 22 heavy (non-hydrogen) atoms. The van der Waals surface area contributed by atoms with Gasteiger partial charge in [0.15, 0.2) is 0 Å². The average Bonchev–Trinajstić information content (AvgIpc) is 2.52. The van der Waals surface area contributed by atoms with E-state index in [0.29, 0.717) is 15.8 Å². The first-order valence-electron chi connectivity index (χ1n) is 7.09. The van der Waals surface area contributed by atoms with Gasteiger partial charge in [0.1, 0.15) is 5.03 Å². The summed E-state index contributed by atoms with van der Waals surface area (Å²) in [7, 11) is 0. The number of rotatable bonds is 5. The first kappa shape index (κ1) is 16.8.